The van der Waals surface area contributed by atoms with E-state index in [-0.39, 0.29) is 0 Å². The molecule has 3 aliphatic carbocycles. The van der Waals surface area contributed by atoms with Crippen LogP contribution in [0.15, 0.2) is 0 Å². The van der Waals surface area contributed by atoms with Gasteiger partial charge in [-0.2, -0.15) is 0 Å². The van der Waals surface area contributed by atoms with E-state index in [2.05, 4.69) is 46.9 Å². The molecule has 0 aliphatic heterocycles. The first kappa shape index (κ1) is 14.8. The highest BCUT2D eigenvalue weighted by Gasteiger charge is 2.63. The average molecular weight is 279 g/mol. The third kappa shape index (κ3) is 1.76. The molecule has 0 aromatic rings. The fraction of sp³-hybridized carbons (Fsp3) is 1.00. The molecule has 1 N–H and O–H groups in total. The van der Waals surface area contributed by atoms with Crippen molar-refractivity contribution in [1.29, 1.82) is 0 Å². The Morgan fingerprint density at radius 1 is 1.05 bits per heavy atom. The monoisotopic (exact) mass is 279 g/mol. The first-order valence-corrected chi connectivity index (χ1v) is 8.62. The van der Waals surface area contributed by atoms with Gasteiger partial charge in [-0.05, 0) is 49.0 Å². The fourth-order valence-corrected chi connectivity index (χ4v) is 5.24. The minimum atomic E-state index is 0.290. The van der Waals surface area contributed by atoms with Crippen LogP contribution in [0, 0.1) is 22.2 Å². The highest BCUT2D eigenvalue weighted by atomic mass is 16.5. The Balaban J connectivity index is 1.67. The molecule has 0 spiro atoms. The Bertz CT molecular complexity index is 389. The Kier molecular flexibility index (Phi) is 3.31. The maximum absolute atomic E-state index is 6.67. The minimum absolute atomic E-state index is 0.290. The van der Waals surface area contributed by atoms with E-state index in [1.807, 2.05) is 0 Å². The molecule has 3 rings (SSSR count). The molecule has 0 heterocycles. The van der Waals surface area contributed by atoms with Crippen molar-refractivity contribution >= 4 is 0 Å². The molecule has 3 aliphatic rings. The van der Waals surface area contributed by atoms with Gasteiger partial charge in [0.1, 0.15) is 0 Å². The van der Waals surface area contributed by atoms with Crippen LogP contribution in [-0.2, 0) is 4.74 Å². The topological polar surface area (TPSA) is 21.3 Å². The quantitative estimate of drug-likeness (QED) is 0.840. The summed E-state index contributed by atoms with van der Waals surface area (Å²) in [4.78, 5) is 0. The molecule has 2 bridgehead atoms. The van der Waals surface area contributed by atoms with Crippen LogP contribution < -0.4 is 5.32 Å². The van der Waals surface area contributed by atoms with Crippen molar-refractivity contribution in [1.82, 2.24) is 5.32 Å². The highest BCUT2D eigenvalue weighted by molar-refractivity contribution is 5.12. The van der Waals surface area contributed by atoms with Gasteiger partial charge in [-0.3, -0.25) is 0 Å². The van der Waals surface area contributed by atoms with E-state index in [0.717, 1.165) is 12.5 Å². The number of hydrogen-bond donors (Lipinski definition) is 1. The molecular formula is C18H33NO. The lowest BCUT2D eigenvalue weighted by Crippen LogP contribution is -2.62. The predicted octanol–water partition coefficient (Wildman–Crippen LogP) is 3.99. The lowest BCUT2D eigenvalue weighted by molar-refractivity contribution is -0.178. The molecule has 0 aromatic heterocycles. The molecule has 3 saturated carbocycles. The Hall–Kier alpha value is -0.0800. The zero-order valence-corrected chi connectivity index (χ0v) is 14.3. The van der Waals surface area contributed by atoms with E-state index < -0.39 is 0 Å². The van der Waals surface area contributed by atoms with Gasteiger partial charge in [-0.1, -0.05) is 41.5 Å². The summed E-state index contributed by atoms with van der Waals surface area (Å²) < 4.78 is 6.67. The molecular weight excluding hydrogens is 246 g/mol. The SMILES string of the molecule is CCNC1CC(OC2CC3CCC2(C)C3(C)C)C1(C)C. The van der Waals surface area contributed by atoms with Gasteiger partial charge >= 0.3 is 0 Å². The summed E-state index contributed by atoms with van der Waals surface area (Å²) in [5.41, 5.74) is 1.15. The summed E-state index contributed by atoms with van der Waals surface area (Å²) in [6.45, 7) is 15.4. The van der Waals surface area contributed by atoms with Crippen molar-refractivity contribution < 1.29 is 4.74 Å². The predicted molar refractivity (Wildman–Crippen MR) is 83.8 cm³/mol. The first-order chi connectivity index (χ1) is 9.23. The number of ether oxygens (including phenoxy) is 1. The first-order valence-electron chi connectivity index (χ1n) is 8.62. The number of rotatable bonds is 4. The van der Waals surface area contributed by atoms with Crippen molar-refractivity contribution in [3.8, 4) is 0 Å². The molecule has 5 unspecified atom stereocenters. The van der Waals surface area contributed by atoms with Crippen LogP contribution in [0.2, 0.25) is 0 Å². The minimum Gasteiger partial charge on any atom is -0.374 e. The van der Waals surface area contributed by atoms with E-state index in [1.165, 1.54) is 25.7 Å². The summed E-state index contributed by atoms with van der Waals surface area (Å²) in [6, 6.07) is 0.636. The smallest absolute Gasteiger partial charge is 0.0660 e. The second-order valence-corrected chi connectivity index (χ2v) is 8.89. The molecule has 2 heteroatoms. The molecule has 5 atom stereocenters. The van der Waals surface area contributed by atoms with Gasteiger partial charge in [0, 0.05) is 11.5 Å². The molecule has 0 amide bonds. The van der Waals surface area contributed by atoms with Crippen molar-refractivity contribution in [2.45, 2.75) is 85.5 Å². The van der Waals surface area contributed by atoms with Gasteiger partial charge in [0.05, 0.1) is 12.2 Å². The van der Waals surface area contributed by atoms with Crippen LogP contribution in [0.3, 0.4) is 0 Å². The molecule has 0 radical (unpaired) electrons. The summed E-state index contributed by atoms with van der Waals surface area (Å²) in [7, 11) is 0. The standard InChI is InChI=1S/C18H33NO/c1-7-19-13-11-14(16(13,2)3)20-15-10-12-8-9-18(15,6)17(12,4)5/h12-15,19H,7-11H2,1-6H3. The van der Waals surface area contributed by atoms with Crippen LogP contribution in [0.1, 0.15) is 67.2 Å². The van der Waals surface area contributed by atoms with Crippen LogP contribution in [-0.4, -0.2) is 24.8 Å². The average Bonchev–Trinajstić information content (AvgIpc) is 2.70. The molecule has 0 saturated heterocycles. The highest BCUT2D eigenvalue weighted by Crippen LogP contribution is 2.67. The molecule has 116 valence electrons. The zero-order valence-electron chi connectivity index (χ0n) is 14.3. The normalized spacial score (nSPS) is 48.3. The van der Waals surface area contributed by atoms with Crippen molar-refractivity contribution in [3.05, 3.63) is 0 Å². The fourth-order valence-electron chi connectivity index (χ4n) is 5.24. The maximum Gasteiger partial charge on any atom is 0.0660 e. The van der Waals surface area contributed by atoms with E-state index in [9.17, 15) is 0 Å². The molecule has 3 fully saturated rings. The van der Waals surface area contributed by atoms with Crippen LogP contribution >= 0.6 is 0 Å². The van der Waals surface area contributed by atoms with Crippen molar-refractivity contribution in [2.75, 3.05) is 6.54 Å². The lowest BCUT2D eigenvalue weighted by atomic mass is 9.64. The van der Waals surface area contributed by atoms with Crippen LogP contribution in [0.5, 0.6) is 0 Å². The summed E-state index contributed by atoms with van der Waals surface area (Å²) >= 11 is 0. The van der Waals surface area contributed by atoms with E-state index in [1.54, 1.807) is 0 Å². The lowest BCUT2D eigenvalue weighted by Gasteiger charge is -2.54. The summed E-state index contributed by atoms with van der Waals surface area (Å²) in [5, 5.41) is 3.61. The van der Waals surface area contributed by atoms with E-state index in [4.69, 9.17) is 4.74 Å². The summed E-state index contributed by atoms with van der Waals surface area (Å²) in [5.74, 6) is 0.880. The van der Waals surface area contributed by atoms with Gasteiger partial charge in [0.15, 0.2) is 0 Å². The number of hydrogen-bond acceptors (Lipinski definition) is 2. The second-order valence-electron chi connectivity index (χ2n) is 8.89. The van der Waals surface area contributed by atoms with Crippen LogP contribution in [0.4, 0.5) is 0 Å². The molecule has 2 nitrogen and oxygen atoms in total. The van der Waals surface area contributed by atoms with Gasteiger partial charge in [-0.25, -0.2) is 0 Å². The van der Waals surface area contributed by atoms with Crippen molar-refractivity contribution in [2.24, 2.45) is 22.2 Å². The Morgan fingerprint density at radius 2 is 1.75 bits per heavy atom. The molecule has 20 heavy (non-hydrogen) atoms. The summed E-state index contributed by atoms with van der Waals surface area (Å²) in [6.07, 6.45) is 6.20. The molecule has 0 aromatic carbocycles. The third-order valence-corrected chi connectivity index (χ3v) is 7.67. The van der Waals surface area contributed by atoms with Gasteiger partial charge in [0.25, 0.3) is 0 Å². The zero-order chi connectivity index (χ0) is 14.8. The van der Waals surface area contributed by atoms with E-state index >= 15 is 0 Å². The Labute approximate surface area is 125 Å². The van der Waals surface area contributed by atoms with Gasteiger partial charge in [0.2, 0.25) is 0 Å². The maximum atomic E-state index is 6.67. The number of fused-ring (bicyclic) bond motifs is 2. The Morgan fingerprint density at radius 3 is 2.20 bits per heavy atom. The largest absolute Gasteiger partial charge is 0.374 e. The third-order valence-electron chi connectivity index (χ3n) is 7.67. The van der Waals surface area contributed by atoms with Crippen molar-refractivity contribution in [3.63, 3.8) is 0 Å². The van der Waals surface area contributed by atoms with E-state index in [0.29, 0.717) is 34.5 Å². The van der Waals surface area contributed by atoms with Crippen LogP contribution in [0.25, 0.3) is 0 Å². The van der Waals surface area contributed by atoms with Gasteiger partial charge in [-0.15, -0.1) is 0 Å². The second kappa shape index (κ2) is 4.46. The van der Waals surface area contributed by atoms with Gasteiger partial charge < -0.3 is 10.1 Å². The number of nitrogens with one attached hydrogen (secondary N) is 1.